The van der Waals surface area contributed by atoms with E-state index in [-0.39, 0.29) is 5.69 Å². The second kappa shape index (κ2) is 6.64. The van der Waals surface area contributed by atoms with Gasteiger partial charge < -0.3 is 5.73 Å². The number of hydrogen-bond acceptors (Lipinski definition) is 7. The minimum absolute atomic E-state index is 0.0113. The SMILES string of the molecule is NCCn1nnnc1SCc1c(Cl)cccc1[N+](=O)[O-]. The van der Waals surface area contributed by atoms with Gasteiger partial charge in [-0.3, -0.25) is 10.1 Å². The second-order valence-corrected chi connectivity index (χ2v) is 5.11. The molecule has 2 rings (SSSR count). The van der Waals surface area contributed by atoms with Crippen molar-refractivity contribution in [2.24, 2.45) is 5.73 Å². The van der Waals surface area contributed by atoms with Crippen molar-refractivity contribution < 1.29 is 4.92 Å². The highest BCUT2D eigenvalue weighted by Gasteiger charge is 2.18. The molecule has 0 spiro atoms. The summed E-state index contributed by atoms with van der Waals surface area (Å²) in [6, 6.07) is 4.59. The summed E-state index contributed by atoms with van der Waals surface area (Å²) in [7, 11) is 0. The number of nitrogens with two attached hydrogens (primary N) is 1. The fraction of sp³-hybridized carbons (Fsp3) is 0.300. The fourth-order valence-corrected chi connectivity index (χ4v) is 2.82. The van der Waals surface area contributed by atoms with Gasteiger partial charge in [0.05, 0.1) is 22.1 Å². The third-order valence-electron chi connectivity index (χ3n) is 2.48. The van der Waals surface area contributed by atoms with Crippen LogP contribution in [0.4, 0.5) is 5.69 Å². The molecule has 0 aliphatic carbocycles. The summed E-state index contributed by atoms with van der Waals surface area (Å²) in [6.07, 6.45) is 0. The van der Waals surface area contributed by atoms with Crippen molar-refractivity contribution in [1.29, 1.82) is 0 Å². The average Bonchev–Trinajstić information content (AvgIpc) is 2.85. The Balaban J connectivity index is 2.18. The largest absolute Gasteiger partial charge is 0.329 e. The first-order valence-corrected chi connectivity index (χ1v) is 7.00. The van der Waals surface area contributed by atoms with Gasteiger partial charge in [0.15, 0.2) is 0 Å². The number of thioether (sulfide) groups is 1. The van der Waals surface area contributed by atoms with Gasteiger partial charge in [-0.25, -0.2) is 4.68 Å². The summed E-state index contributed by atoms with van der Waals surface area (Å²) in [5, 5.41) is 23.1. The number of nitro benzene ring substituents is 1. The van der Waals surface area contributed by atoms with Crippen LogP contribution in [0.1, 0.15) is 5.56 Å². The highest BCUT2D eigenvalue weighted by Crippen LogP contribution is 2.31. The first kappa shape index (κ1) is 14.7. The minimum Gasteiger partial charge on any atom is -0.329 e. The molecule has 106 valence electrons. The van der Waals surface area contributed by atoms with E-state index in [2.05, 4.69) is 15.5 Å². The van der Waals surface area contributed by atoms with E-state index >= 15 is 0 Å². The summed E-state index contributed by atoms with van der Waals surface area (Å²) in [6.45, 7) is 0.894. The summed E-state index contributed by atoms with van der Waals surface area (Å²) in [4.78, 5) is 10.5. The Morgan fingerprint density at radius 1 is 1.50 bits per heavy atom. The van der Waals surface area contributed by atoms with Crippen LogP contribution in [0.3, 0.4) is 0 Å². The molecule has 10 heteroatoms. The van der Waals surface area contributed by atoms with Crippen molar-refractivity contribution in [3.8, 4) is 0 Å². The van der Waals surface area contributed by atoms with E-state index in [1.54, 1.807) is 16.8 Å². The highest BCUT2D eigenvalue weighted by molar-refractivity contribution is 7.98. The van der Waals surface area contributed by atoms with Crippen molar-refractivity contribution >= 4 is 29.1 Å². The lowest BCUT2D eigenvalue weighted by atomic mass is 10.2. The number of nitro groups is 1. The zero-order valence-electron chi connectivity index (χ0n) is 10.3. The van der Waals surface area contributed by atoms with Gasteiger partial charge in [-0.05, 0) is 16.5 Å². The number of nitrogens with zero attached hydrogens (tertiary/aromatic N) is 5. The van der Waals surface area contributed by atoms with Gasteiger partial charge in [0.2, 0.25) is 5.16 Å². The predicted molar refractivity (Wildman–Crippen MR) is 74.5 cm³/mol. The zero-order chi connectivity index (χ0) is 14.5. The zero-order valence-corrected chi connectivity index (χ0v) is 11.8. The molecule has 0 aliphatic heterocycles. The number of rotatable bonds is 6. The summed E-state index contributed by atoms with van der Waals surface area (Å²) < 4.78 is 1.55. The molecule has 2 aromatic rings. The van der Waals surface area contributed by atoms with Crippen molar-refractivity contribution in [3.63, 3.8) is 0 Å². The minimum atomic E-state index is -0.454. The van der Waals surface area contributed by atoms with E-state index < -0.39 is 4.92 Å². The van der Waals surface area contributed by atoms with E-state index in [1.165, 1.54) is 17.8 Å². The fourth-order valence-electron chi connectivity index (χ4n) is 1.56. The van der Waals surface area contributed by atoms with Gasteiger partial charge in [0.25, 0.3) is 5.69 Å². The Morgan fingerprint density at radius 2 is 2.30 bits per heavy atom. The van der Waals surface area contributed by atoms with Crippen LogP contribution in [0, 0.1) is 10.1 Å². The Hall–Kier alpha value is -1.71. The molecule has 20 heavy (non-hydrogen) atoms. The van der Waals surface area contributed by atoms with Gasteiger partial charge in [0.1, 0.15) is 0 Å². The maximum atomic E-state index is 11.0. The molecule has 1 aromatic heterocycles. The van der Waals surface area contributed by atoms with Crippen LogP contribution in [0.2, 0.25) is 5.02 Å². The van der Waals surface area contributed by atoms with Crippen molar-refractivity contribution in [2.45, 2.75) is 17.5 Å². The normalized spacial score (nSPS) is 10.7. The maximum Gasteiger partial charge on any atom is 0.274 e. The van der Waals surface area contributed by atoms with E-state index in [9.17, 15) is 10.1 Å². The average molecular weight is 315 g/mol. The van der Waals surface area contributed by atoms with E-state index in [0.29, 0.717) is 34.6 Å². The molecule has 0 atom stereocenters. The third kappa shape index (κ3) is 3.24. The monoisotopic (exact) mass is 314 g/mol. The quantitative estimate of drug-likeness (QED) is 0.488. The van der Waals surface area contributed by atoms with Crippen molar-refractivity contribution in [3.05, 3.63) is 38.9 Å². The van der Waals surface area contributed by atoms with Gasteiger partial charge in [-0.1, -0.05) is 29.4 Å². The smallest absolute Gasteiger partial charge is 0.274 e. The number of halogens is 1. The Labute approximate surface area is 123 Å². The molecule has 0 aliphatic rings. The Morgan fingerprint density at radius 3 is 3.00 bits per heavy atom. The van der Waals surface area contributed by atoms with Crippen LogP contribution in [-0.4, -0.2) is 31.7 Å². The highest BCUT2D eigenvalue weighted by atomic mass is 35.5. The summed E-state index contributed by atoms with van der Waals surface area (Å²) >= 11 is 7.29. The van der Waals surface area contributed by atoms with E-state index in [1.807, 2.05) is 0 Å². The van der Waals surface area contributed by atoms with Gasteiger partial charge >= 0.3 is 0 Å². The molecule has 0 saturated heterocycles. The molecular weight excluding hydrogens is 304 g/mol. The van der Waals surface area contributed by atoms with Crippen molar-refractivity contribution in [2.75, 3.05) is 6.54 Å². The Bertz CT molecular complexity index is 620. The van der Waals surface area contributed by atoms with Crippen LogP contribution < -0.4 is 5.73 Å². The molecule has 0 fully saturated rings. The molecule has 0 amide bonds. The molecule has 0 saturated carbocycles. The van der Waals surface area contributed by atoms with Crippen LogP contribution in [-0.2, 0) is 12.3 Å². The first-order chi connectivity index (χ1) is 9.63. The van der Waals surface area contributed by atoms with Crippen LogP contribution in [0.25, 0.3) is 0 Å². The summed E-state index contributed by atoms with van der Waals surface area (Å²) in [5.74, 6) is 0.306. The van der Waals surface area contributed by atoms with Crippen LogP contribution in [0.5, 0.6) is 0 Å². The molecule has 0 bridgehead atoms. The molecule has 8 nitrogen and oxygen atoms in total. The van der Waals surface area contributed by atoms with Crippen LogP contribution in [0.15, 0.2) is 23.4 Å². The standard InChI is InChI=1S/C10H11ClN6O2S/c11-8-2-1-3-9(17(18)19)7(8)6-20-10-13-14-15-16(10)5-4-12/h1-3H,4-6,12H2. The molecule has 1 aromatic carbocycles. The number of aromatic nitrogens is 4. The second-order valence-electron chi connectivity index (χ2n) is 3.76. The van der Waals surface area contributed by atoms with Gasteiger partial charge in [-0.2, -0.15) is 0 Å². The predicted octanol–water partition coefficient (Wildman–Crippen LogP) is 1.49. The topological polar surface area (TPSA) is 113 Å². The first-order valence-electron chi connectivity index (χ1n) is 5.64. The molecule has 2 N–H and O–H groups in total. The lowest BCUT2D eigenvalue weighted by Gasteiger charge is -2.05. The third-order valence-corrected chi connectivity index (χ3v) is 3.81. The number of hydrogen-bond donors (Lipinski definition) is 1. The molecule has 0 unspecified atom stereocenters. The van der Waals surface area contributed by atoms with Crippen molar-refractivity contribution in [1.82, 2.24) is 20.2 Å². The molecule has 0 radical (unpaired) electrons. The number of benzene rings is 1. The molecule has 1 heterocycles. The lowest BCUT2D eigenvalue weighted by Crippen LogP contribution is -2.12. The Kier molecular flexibility index (Phi) is 4.88. The van der Waals surface area contributed by atoms with Gasteiger partial charge in [0, 0.05) is 18.4 Å². The lowest BCUT2D eigenvalue weighted by molar-refractivity contribution is -0.385. The van der Waals surface area contributed by atoms with E-state index in [0.717, 1.165) is 0 Å². The van der Waals surface area contributed by atoms with E-state index in [4.69, 9.17) is 17.3 Å². The van der Waals surface area contributed by atoms with Crippen LogP contribution >= 0.6 is 23.4 Å². The van der Waals surface area contributed by atoms with Gasteiger partial charge in [-0.15, -0.1) is 5.10 Å². The maximum absolute atomic E-state index is 11.0. The number of tetrazole rings is 1. The summed E-state index contributed by atoms with van der Waals surface area (Å²) in [5.41, 5.74) is 5.89. The molecular formula is C10H11ClN6O2S.